The van der Waals surface area contributed by atoms with Crippen LogP contribution in [0.15, 0.2) is 71.2 Å². The number of rotatable bonds is 11. The van der Waals surface area contributed by atoms with E-state index in [4.69, 9.17) is 9.15 Å². The highest BCUT2D eigenvalue weighted by atomic mass is 32.2. The lowest BCUT2D eigenvalue weighted by Gasteiger charge is -2.04. The van der Waals surface area contributed by atoms with Crippen LogP contribution < -0.4 is 4.74 Å². The van der Waals surface area contributed by atoms with Crippen molar-refractivity contribution in [3.63, 3.8) is 0 Å². The van der Waals surface area contributed by atoms with Crippen molar-refractivity contribution in [2.45, 2.75) is 12.2 Å². The summed E-state index contributed by atoms with van der Waals surface area (Å²) in [5.74, 6) is 3.64. The molecule has 0 N–H and O–H groups in total. The Labute approximate surface area is 176 Å². The normalized spacial score (nSPS) is 11.4. The Balaban J connectivity index is 1.41. The van der Waals surface area contributed by atoms with Crippen molar-refractivity contribution in [2.75, 3.05) is 33.0 Å². The van der Waals surface area contributed by atoms with Crippen LogP contribution in [-0.2, 0) is 12.2 Å². The van der Waals surface area contributed by atoms with Gasteiger partial charge in [-0.1, -0.05) is 42.5 Å². The summed E-state index contributed by atoms with van der Waals surface area (Å²) >= 11 is 1.72. The van der Waals surface area contributed by atoms with Gasteiger partial charge in [0, 0.05) is 17.9 Å². The second-order valence-corrected chi connectivity index (χ2v) is 7.95. The molecule has 0 atom stereocenters. The van der Waals surface area contributed by atoms with E-state index in [-0.39, 0.29) is 0 Å². The maximum Gasteiger partial charge on any atom is 0.247 e. The minimum atomic E-state index is 0.566. The first kappa shape index (κ1) is 21.1. The molecule has 0 aliphatic rings. The Bertz CT molecular complexity index is 877. The summed E-state index contributed by atoms with van der Waals surface area (Å²) in [5.41, 5.74) is 2.21. The topological polar surface area (TPSA) is 51.4 Å². The highest BCUT2D eigenvalue weighted by Crippen LogP contribution is 2.21. The predicted molar refractivity (Wildman–Crippen MR) is 119 cm³/mol. The largest absolute Gasteiger partial charge is 0.493 e. The zero-order valence-electron chi connectivity index (χ0n) is 17.0. The zero-order chi connectivity index (χ0) is 20.3. The Kier molecular flexibility index (Phi) is 8.34. The molecule has 29 heavy (non-hydrogen) atoms. The molecule has 0 aliphatic carbocycles. The number of ether oxygens (including phenoxy) is 1. The Morgan fingerprint density at radius 3 is 2.55 bits per heavy atom. The second kappa shape index (κ2) is 11.4. The van der Waals surface area contributed by atoms with Crippen LogP contribution in [0, 0.1) is 0 Å². The number of likely N-dealkylation sites (N-methyl/N-ethyl adjacent to an activating group) is 1. The molecular formula is C23H27N3O2S. The lowest BCUT2D eigenvalue weighted by molar-refractivity contribution is 0.344. The van der Waals surface area contributed by atoms with Crippen LogP contribution in [0.25, 0.3) is 11.5 Å². The van der Waals surface area contributed by atoms with Crippen LogP contribution in [0.4, 0.5) is 0 Å². The van der Waals surface area contributed by atoms with Gasteiger partial charge < -0.3 is 14.1 Å². The number of allylic oxidation sites excluding steroid dienone is 1. The Hall–Kier alpha value is -2.57. The summed E-state index contributed by atoms with van der Waals surface area (Å²) < 4.78 is 11.5. The van der Waals surface area contributed by atoms with E-state index in [1.165, 1.54) is 5.56 Å². The van der Waals surface area contributed by atoms with Gasteiger partial charge in [0.15, 0.2) is 0 Å². The molecular weight excluding hydrogens is 382 g/mol. The number of hydrogen-bond acceptors (Lipinski definition) is 6. The molecule has 0 saturated heterocycles. The SMILES string of the molecule is CN(C)CC=CCc1ccc(-c2nnc(CSCCOc3ccccc3)o2)cc1. The van der Waals surface area contributed by atoms with Crippen LogP contribution in [-0.4, -0.2) is 48.1 Å². The average Bonchev–Trinajstić information content (AvgIpc) is 3.21. The second-order valence-electron chi connectivity index (χ2n) is 6.85. The van der Waals surface area contributed by atoms with E-state index in [0.717, 1.165) is 30.0 Å². The van der Waals surface area contributed by atoms with E-state index >= 15 is 0 Å². The lowest BCUT2D eigenvalue weighted by atomic mass is 10.1. The molecule has 3 aromatic rings. The molecule has 2 aromatic carbocycles. The number of benzene rings is 2. The van der Waals surface area contributed by atoms with E-state index in [0.29, 0.717) is 24.1 Å². The van der Waals surface area contributed by atoms with Gasteiger partial charge >= 0.3 is 0 Å². The molecule has 152 valence electrons. The first-order valence-corrected chi connectivity index (χ1v) is 10.8. The number of nitrogens with zero attached hydrogens (tertiary/aromatic N) is 3. The molecule has 0 bridgehead atoms. The van der Waals surface area contributed by atoms with Crippen molar-refractivity contribution >= 4 is 11.8 Å². The van der Waals surface area contributed by atoms with Crippen LogP contribution in [0.1, 0.15) is 11.5 Å². The molecule has 1 aromatic heterocycles. The van der Waals surface area contributed by atoms with Gasteiger partial charge in [0.05, 0.1) is 12.4 Å². The molecule has 1 heterocycles. The molecule has 0 saturated carbocycles. The quantitative estimate of drug-likeness (QED) is 0.338. The maximum absolute atomic E-state index is 5.80. The van der Waals surface area contributed by atoms with Gasteiger partial charge in [0.2, 0.25) is 11.8 Å². The maximum atomic E-state index is 5.80. The molecule has 0 spiro atoms. The molecule has 0 fully saturated rings. The third-order valence-corrected chi connectivity index (χ3v) is 5.03. The van der Waals surface area contributed by atoms with Gasteiger partial charge in [-0.2, -0.15) is 0 Å². The summed E-state index contributed by atoms with van der Waals surface area (Å²) in [5, 5.41) is 8.33. The van der Waals surface area contributed by atoms with E-state index in [1.807, 2.05) is 42.5 Å². The van der Waals surface area contributed by atoms with Crippen LogP contribution in [0.5, 0.6) is 5.75 Å². The summed E-state index contributed by atoms with van der Waals surface area (Å²) in [6, 6.07) is 18.1. The van der Waals surface area contributed by atoms with Crippen LogP contribution in [0.3, 0.4) is 0 Å². The number of para-hydroxylation sites is 1. The van der Waals surface area contributed by atoms with E-state index in [2.05, 4.69) is 53.5 Å². The molecule has 3 rings (SSSR count). The van der Waals surface area contributed by atoms with Gasteiger partial charge in [0.25, 0.3) is 0 Å². The zero-order valence-corrected chi connectivity index (χ0v) is 17.8. The third kappa shape index (κ3) is 7.40. The number of thioether (sulfide) groups is 1. The van der Waals surface area contributed by atoms with Crippen molar-refractivity contribution < 1.29 is 9.15 Å². The van der Waals surface area contributed by atoms with Crippen molar-refractivity contribution in [3.05, 3.63) is 78.2 Å². The fraction of sp³-hybridized carbons (Fsp3) is 0.304. The lowest BCUT2D eigenvalue weighted by Crippen LogP contribution is -2.10. The Morgan fingerprint density at radius 1 is 1.00 bits per heavy atom. The molecule has 0 radical (unpaired) electrons. The highest BCUT2D eigenvalue weighted by molar-refractivity contribution is 7.98. The molecule has 0 aliphatic heterocycles. The van der Waals surface area contributed by atoms with Crippen LogP contribution >= 0.6 is 11.8 Å². The van der Waals surface area contributed by atoms with Gasteiger partial charge in [-0.3, -0.25) is 0 Å². The molecule has 0 unspecified atom stereocenters. The van der Waals surface area contributed by atoms with Gasteiger partial charge in [0.1, 0.15) is 5.75 Å². The highest BCUT2D eigenvalue weighted by Gasteiger charge is 2.08. The van der Waals surface area contributed by atoms with Gasteiger partial charge in [-0.25, -0.2) is 0 Å². The van der Waals surface area contributed by atoms with E-state index in [1.54, 1.807) is 11.8 Å². The van der Waals surface area contributed by atoms with Crippen molar-refractivity contribution in [3.8, 4) is 17.2 Å². The summed E-state index contributed by atoms with van der Waals surface area (Å²) in [4.78, 5) is 2.14. The minimum absolute atomic E-state index is 0.566. The van der Waals surface area contributed by atoms with Crippen molar-refractivity contribution in [1.82, 2.24) is 15.1 Å². The van der Waals surface area contributed by atoms with E-state index in [9.17, 15) is 0 Å². The molecule has 5 nitrogen and oxygen atoms in total. The predicted octanol–water partition coefficient (Wildman–Crippen LogP) is 4.71. The minimum Gasteiger partial charge on any atom is -0.493 e. The van der Waals surface area contributed by atoms with Crippen LogP contribution in [0.2, 0.25) is 0 Å². The number of hydrogen-bond donors (Lipinski definition) is 0. The molecule has 6 heteroatoms. The number of aromatic nitrogens is 2. The smallest absolute Gasteiger partial charge is 0.247 e. The first-order valence-electron chi connectivity index (χ1n) is 9.68. The monoisotopic (exact) mass is 409 g/mol. The van der Waals surface area contributed by atoms with Gasteiger partial charge in [-0.15, -0.1) is 22.0 Å². The summed E-state index contributed by atoms with van der Waals surface area (Å²) in [6.07, 6.45) is 5.30. The standard InChI is InChI=1S/C23H27N3O2S/c1-26(2)15-7-6-8-19-11-13-20(14-12-19)23-25-24-22(28-23)18-29-17-16-27-21-9-4-3-5-10-21/h3-7,9-14H,8,15-18H2,1-2H3. The summed E-state index contributed by atoms with van der Waals surface area (Å²) in [6.45, 7) is 1.61. The van der Waals surface area contributed by atoms with Crippen molar-refractivity contribution in [2.24, 2.45) is 0 Å². The third-order valence-electron chi connectivity index (χ3n) is 4.12. The fourth-order valence-corrected chi connectivity index (χ4v) is 3.25. The first-order chi connectivity index (χ1) is 14.2. The van der Waals surface area contributed by atoms with E-state index < -0.39 is 0 Å². The van der Waals surface area contributed by atoms with Crippen molar-refractivity contribution in [1.29, 1.82) is 0 Å². The Morgan fingerprint density at radius 2 is 1.79 bits per heavy atom. The van der Waals surface area contributed by atoms with Gasteiger partial charge in [-0.05, 0) is 50.3 Å². The fourth-order valence-electron chi connectivity index (χ4n) is 2.61. The average molecular weight is 410 g/mol. The molecule has 0 amide bonds. The summed E-state index contributed by atoms with van der Waals surface area (Å²) in [7, 11) is 4.13.